The van der Waals surface area contributed by atoms with Crippen LogP contribution >= 0.6 is 22.9 Å². The summed E-state index contributed by atoms with van der Waals surface area (Å²) < 4.78 is 28.5. The van der Waals surface area contributed by atoms with E-state index in [0.29, 0.717) is 16.4 Å². The number of nitrogens with zero attached hydrogens (tertiary/aromatic N) is 1. The smallest absolute Gasteiger partial charge is 0.387 e. The van der Waals surface area contributed by atoms with Crippen LogP contribution in [0.25, 0.3) is 10.6 Å². The maximum Gasteiger partial charge on any atom is 0.387 e. The molecule has 0 aliphatic heterocycles. The molecule has 134 valence electrons. The maximum absolute atomic E-state index is 12.1. The molecule has 0 atom stereocenters. The van der Waals surface area contributed by atoms with Crippen LogP contribution in [-0.2, 0) is 11.2 Å². The van der Waals surface area contributed by atoms with Crippen molar-refractivity contribution in [3.05, 3.63) is 64.6 Å². The van der Waals surface area contributed by atoms with E-state index in [-0.39, 0.29) is 18.1 Å². The number of ether oxygens (including phenoxy) is 1. The van der Waals surface area contributed by atoms with Crippen molar-refractivity contribution >= 4 is 34.5 Å². The van der Waals surface area contributed by atoms with E-state index in [1.54, 1.807) is 11.4 Å². The Morgan fingerprint density at radius 3 is 2.62 bits per heavy atom. The molecule has 4 nitrogen and oxygen atoms in total. The van der Waals surface area contributed by atoms with E-state index in [4.69, 9.17) is 11.6 Å². The SMILES string of the molecule is O=C(Cc1csc(-c2ccccc2Cl)n1)Nc1ccc(OC(F)F)cc1. The third-order valence-electron chi connectivity index (χ3n) is 3.36. The number of anilines is 1. The fourth-order valence-electron chi connectivity index (χ4n) is 2.24. The molecule has 0 saturated heterocycles. The minimum atomic E-state index is -2.88. The van der Waals surface area contributed by atoms with Crippen LogP contribution < -0.4 is 10.1 Å². The highest BCUT2D eigenvalue weighted by molar-refractivity contribution is 7.13. The second-order valence-electron chi connectivity index (χ2n) is 5.25. The number of aromatic nitrogens is 1. The third-order valence-corrected chi connectivity index (χ3v) is 4.61. The first kappa shape index (κ1) is 18.3. The molecule has 0 fully saturated rings. The molecule has 0 saturated carbocycles. The number of halogens is 3. The summed E-state index contributed by atoms with van der Waals surface area (Å²) in [6, 6.07) is 13.1. The number of amides is 1. The van der Waals surface area contributed by atoms with Crippen molar-refractivity contribution in [1.29, 1.82) is 0 Å². The van der Waals surface area contributed by atoms with Crippen molar-refractivity contribution < 1.29 is 18.3 Å². The molecule has 1 aromatic heterocycles. The van der Waals surface area contributed by atoms with Crippen LogP contribution in [-0.4, -0.2) is 17.5 Å². The van der Waals surface area contributed by atoms with E-state index >= 15 is 0 Å². The number of alkyl halides is 2. The molecule has 8 heteroatoms. The number of hydrogen-bond donors (Lipinski definition) is 1. The van der Waals surface area contributed by atoms with Gasteiger partial charge in [0, 0.05) is 16.6 Å². The summed E-state index contributed by atoms with van der Waals surface area (Å²) in [6.45, 7) is -2.88. The van der Waals surface area contributed by atoms with E-state index < -0.39 is 6.61 Å². The maximum atomic E-state index is 12.1. The molecule has 0 unspecified atom stereocenters. The Labute approximate surface area is 157 Å². The van der Waals surface area contributed by atoms with Crippen molar-refractivity contribution in [2.45, 2.75) is 13.0 Å². The lowest BCUT2D eigenvalue weighted by molar-refractivity contribution is -0.115. The summed E-state index contributed by atoms with van der Waals surface area (Å²) in [5.41, 5.74) is 1.93. The number of thiazole rings is 1. The zero-order valence-electron chi connectivity index (χ0n) is 13.3. The highest BCUT2D eigenvalue weighted by Gasteiger charge is 2.11. The van der Waals surface area contributed by atoms with Crippen molar-refractivity contribution in [2.75, 3.05) is 5.32 Å². The van der Waals surface area contributed by atoms with E-state index in [2.05, 4.69) is 15.0 Å². The first-order chi connectivity index (χ1) is 12.5. The van der Waals surface area contributed by atoms with Gasteiger partial charge in [0.2, 0.25) is 5.91 Å². The quantitative estimate of drug-likeness (QED) is 0.621. The standard InChI is InChI=1S/C18H13ClF2N2O2S/c19-15-4-2-1-3-14(15)17-23-12(10-26-17)9-16(24)22-11-5-7-13(8-6-11)25-18(20)21/h1-8,10,18H,9H2,(H,22,24). The van der Waals surface area contributed by atoms with Gasteiger partial charge in [0.25, 0.3) is 0 Å². The first-order valence-corrected chi connectivity index (χ1v) is 8.81. The highest BCUT2D eigenvalue weighted by atomic mass is 35.5. The van der Waals surface area contributed by atoms with Crippen molar-refractivity contribution in [3.63, 3.8) is 0 Å². The Balaban J connectivity index is 1.61. The van der Waals surface area contributed by atoms with E-state index in [0.717, 1.165) is 10.6 Å². The van der Waals surface area contributed by atoms with Crippen LogP contribution in [0.1, 0.15) is 5.69 Å². The minimum absolute atomic E-state index is 0.0295. The van der Waals surface area contributed by atoms with Crippen molar-refractivity contribution in [2.24, 2.45) is 0 Å². The Bertz CT molecular complexity index is 900. The summed E-state index contributed by atoms with van der Waals surface area (Å²) in [6.07, 6.45) is 0.0935. The second kappa shape index (κ2) is 8.25. The molecular weight excluding hydrogens is 382 g/mol. The topological polar surface area (TPSA) is 51.2 Å². The van der Waals surface area contributed by atoms with Gasteiger partial charge >= 0.3 is 6.61 Å². The van der Waals surface area contributed by atoms with Crippen LogP contribution in [0.15, 0.2) is 53.9 Å². The second-order valence-corrected chi connectivity index (χ2v) is 6.52. The lowest BCUT2D eigenvalue weighted by atomic mass is 10.2. The molecule has 3 aromatic rings. The zero-order chi connectivity index (χ0) is 18.5. The lowest BCUT2D eigenvalue weighted by Gasteiger charge is -2.07. The molecule has 3 rings (SSSR count). The number of hydrogen-bond acceptors (Lipinski definition) is 4. The summed E-state index contributed by atoms with van der Waals surface area (Å²) in [4.78, 5) is 16.6. The van der Waals surface area contributed by atoms with Gasteiger partial charge in [-0.05, 0) is 30.3 Å². The van der Waals surface area contributed by atoms with Crippen molar-refractivity contribution in [3.8, 4) is 16.3 Å². The predicted molar refractivity (Wildman–Crippen MR) is 98.0 cm³/mol. The number of nitrogens with one attached hydrogen (secondary N) is 1. The Morgan fingerprint density at radius 2 is 1.92 bits per heavy atom. The van der Waals surface area contributed by atoms with Gasteiger partial charge in [-0.2, -0.15) is 8.78 Å². The Hall–Kier alpha value is -2.51. The molecule has 1 amide bonds. The summed E-state index contributed by atoms with van der Waals surface area (Å²) in [7, 11) is 0. The van der Waals surface area contributed by atoms with Gasteiger partial charge in [-0.15, -0.1) is 11.3 Å². The van der Waals surface area contributed by atoms with Crippen LogP contribution in [0.4, 0.5) is 14.5 Å². The van der Waals surface area contributed by atoms with Gasteiger partial charge in [0.05, 0.1) is 17.1 Å². The van der Waals surface area contributed by atoms with Crippen LogP contribution in [0.3, 0.4) is 0 Å². The lowest BCUT2D eigenvalue weighted by Crippen LogP contribution is -2.14. The van der Waals surface area contributed by atoms with Gasteiger partial charge in [0.1, 0.15) is 10.8 Å². The molecule has 0 bridgehead atoms. The van der Waals surface area contributed by atoms with Gasteiger partial charge in [-0.1, -0.05) is 29.8 Å². The summed E-state index contributed by atoms with van der Waals surface area (Å²) >= 11 is 7.57. The van der Waals surface area contributed by atoms with Crippen LogP contribution in [0.5, 0.6) is 5.75 Å². The molecule has 0 radical (unpaired) electrons. The highest BCUT2D eigenvalue weighted by Crippen LogP contribution is 2.30. The third kappa shape index (κ3) is 4.77. The average Bonchev–Trinajstić information content (AvgIpc) is 3.04. The Kier molecular flexibility index (Phi) is 5.80. The molecular formula is C18H13ClF2N2O2S. The zero-order valence-corrected chi connectivity index (χ0v) is 14.9. The normalized spacial score (nSPS) is 10.8. The molecule has 2 aromatic carbocycles. The van der Waals surface area contributed by atoms with E-state index in [1.807, 2.05) is 18.2 Å². The fraction of sp³-hybridized carbons (Fsp3) is 0.111. The van der Waals surface area contributed by atoms with Crippen LogP contribution in [0, 0.1) is 0 Å². The summed E-state index contributed by atoms with van der Waals surface area (Å²) in [5, 5.41) is 5.83. The number of carbonyl (C=O) groups is 1. The molecule has 1 heterocycles. The predicted octanol–water partition coefficient (Wildman–Crippen LogP) is 5.25. The van der Waals surface area contributed by atoms with Gasteiger partial charge in [0.15, 0.2) is 0 Å². The number of rotatable bonds is 6. The summed E-state index contributed by atoms with van der Waals surface area (Å²) in [5.74, 6) is -0.231. The van der Waals surface area contributed by atoms with Gasteiger partial charge in [-0.25, -0.2) is 4.98 Å². The fourth-order valence-corrected chi connectivity index (χ4v) is 3.38. The van der Waals surface area contributed by atoms with Gasteiger partial charge in [-0.3, -0.25) is 4.79 Å². The van der Waals surface area contributed by atoms with E-state index in [1.165, 1.54) is 35.6 Å². The molecule has 0 spiro atoms. The first-order valence-electron chi connectivity index (χ1n) is 7.55. The average molecular weight is 395 g/mol. The molecule has 0 aliphatic rings. The number of carbonyl (C=O) groups excluding carboxylic acids is 1. The number of benzene rings is 2. The molecule has 0 aliphatic carbocycles. The molecule has 26 heavy (non-hydrogen) atoms. The van der Waals surface area contributed by atoms with E-state index in [9.17, 15) is 13.6 Å². The minimum Gasteiger partial charge on any atom is -0.435 e. The Morgan fingerprint density at radius 1 is 1.19 bits per heavy atom. The largest absolute Gasteiger partial charge is 0.435 e. The monoisotopic (exact) mass is 394 g/mol. The molecule has 1 N–H and O–H groups in total. The van der Waals surface area contributed by atoms with Crippen LogP contribution in [0.2, 0.25) is 5.02 Å². The van der Waals surface area contributed by atoms with Gasteiger partial charge < -0.3 is 10.1 Å². The van der Waals surface area contributed by atoms with Crippen molar-refractivity contribution in [1.82, 2.24) is 4.98 Å².